The summed E-state index contributed by atoms with van der Waals surface area (Å²) in [5.41, 5.74) is 2.67. The van der Waals surface area contributed by atoms with E-state index in [-0.39, 0.29) is 0 Å². The third kappa shape index (κ3) is 2.51. The smallest absolute Gasteiger partial charge is 0.128 e. The zero-order valence-corrected chi connectivity index (χ0v) is 10.6. The number of nitrogens with zero attached hydrogens (tertiary/aromatic N) is 1. The summed E-state index contributed by atoms with van der Waals surface area (Å²) in [5.74, 6) is 0.735. The fourth-order valence-corrected chi connectivity index (χ4v) is 1.88. The minimum atomic E-state index is -0.448. The van der Waals surface area contributed by atoms with Crippen LogP contribution in [-0.4, -0.2) is 17.2 Å². The number of aromatic nitrogens is 1. The van der Waals surface area contributed by atoms with E-state index < -0.39 is 6.10 Å². The molecule has 1 aromatic carbocycles. The van der Waals surface area contributed by atoms with Crippen LogP contribution >= 0.6 is 0 Å². The van der Waals surface area contributed by atoms with Gasteiger partial charge in [-0.15, -0.1) is 0 Å². The van der Waals surface area contributed by atoms with E-state index in [1.54, 1.807) is 13.3 Å². The van der Waals surface area contributed by atoms with Crippen LogP contribution in [0, 0.1) is 0 Å². The van der Waals surface area contributed by atoms with Crippen molar-refractivity contribution < 1.29 is 9.84 Å². The van der Waals surface area contributed by atoms with Crippen molar-refractivity contribution in [3.63, 3.8) is 0 Å². The lowest BCUT2D eigenvalue weighted by atomic mass is 10.0. The van der Waals surface area contributed by atoms with Crippen LogP contribution in [0.15, 0.2) is 42.6 Å². The zero-order chi connectivity index (χ0) is 13.0. The van der Waals surface area contributed by atoms with Crippen LogP contribution in [0.25, 0.3) is 11.3 Å². The average Bonchev–Trinajstić information content (AvgIpc) is 2.46. The summed E-state index contributed by atoms with van der Waals surface area (Å²) in [6, 6.07) is 11.5. The van der Waals surface area contributed by atoms with Crippen molar-refractivity contribution in [3.05, 3.63) is 48.2 Å². The monoisotopic (exact) mass is 243 g/mol. The first kappa shape index (κ1) is 12.6. The molecule has 0 aliphatic rings. The fraction of sp³-hybridized carbons (Fsp3) is 0.267. The van der Waals surface area contributed by atoms with Crippen LogP contribution in [-0.2, 0) is 0 Å². The fourth-order valence-electron chi connectivity index (χ4n) is 1.88. The first-order valence-electron chi connectivity index (χ1n) is 6.03. The van der Waals surface area contributed by atoms with Crippen molar-refractivity contribution in [2.75, 3.05) is 7.11 Å². The molecule has 0 bridgehead atoms. The number of benzene rings is 1. The molecular weight excluding hydrogens is 226 g/mol. The van der Waals surface area contributed by atoms with Crippen LogP contribution in [0.2, 0.25) is 0 Å². The number of ether oxygens (including phenoxy) is 1. The molecule has 3 heteroatoms. The van der Waals surface area contributed by atoms with Gasteiger partial charge in [0.15, 0.2) is 0 Å². The van der Waals surface area contributed by atoms with Crippen LogP contribution < -0.4 is 4.74 Å². The molecule has 0 spiro atoms. The molecular formula is C15H17NO2. The van der Waals surface area contributed by atoms with Gasteiger partial charge in [-0.1, -0.05) is 19.1 Å². The number of hydrogen-bond acceptors (Lipinski definition) is 3. The van der Waals surface area contributed by atoms with E-state index in [1.807, 2.05) is 43.3 Å². The van der Waals surface area contributed by atoms with Gasteiger partial charge in [0.25, 0.3) is 0 Å². The number of pyridine rings is 1. The minimum absolute atomic E-state index is 0.448. The highest BCUT2D eigenvalue weighted by molar-refractivity contribution is 5.67. The molecule has 0 saturated heterocycles. The predicted octanol–water partition coefficient (Wildman–Crippen LogP) is 3.20. The van der Waals surface area contributed by atoms with E-state index in [0.717, 1.165) is 22.6 Å². The third-order valence-electron chi connectivity index (χ3n) is 2.94. The molecule has 94 valence electrons. The number of hydrogen-bond donors (Lipinski definition) is 1. The third-order valence-corrected chi connectivity index (χ3v) is 2.94. The zero-order valence-electron chi connectivity index (χ0n) is 10.6. The molecule has 3 nitrogen and oxygen atoms in total. The summed E-state index contributed by atoms with van der Waals surface area (Å²) in [7, 11) is 1.63. The quantitative estimate of drug-likeness (QED) is 0.896. The highest BCUT2D eigenvalue weighted by Crippen LogP contribution is 2.31. The van der Waals surface area contributed by atoms with Gasteiger partial charge < -0.3 is 9.84 Å². The lowest BCUT2D eigenvalue weighted by Gasteiger charge is -2.13. The lowest BCUT2D eigenvalue weighted by Crippen LogP contribution is -1.97. The molecule has 0 amide bonds. The van der Waals surface area contributed by atoms with Gasteiger partial charge in [-0.25, -0.2) is 0 Å². The Balaban J connectivity index is 2.44. The van der Waals surface area contributed by atoms with Crippen LogP contribution in [0.4, 0.5) is 0 Å². The Morgan fingerprint density at radius 3 is 2.72 bits per heavy atom. The maximum absolute atomic E-state index is 9.84. The Bertz CT molecular complexity index is 511. The number of methoxy groups -OCH3 is 1. The second-order valence-corrected chi connectivity index (χ2v) is 4.10. The number of rotatable bonds is 4. The van der Waals surface area contributed by atoms with Gasteiger partial charge in [0, 0.05) is 11.8 Å². The van der Waals surface area contributed by atoms with Gasteiger partial charge in [-0.2, -0.15) is 0 Å². The first-order valence-corrected chi connectivity index (χ1v) is 6.03. The van der Waals surface area contributed by atoms with Crippen LogP contribution in [0.3, 0.4) is 0 Å². The van der Waals surface area contributed by atoms with E-state index in [9.17, 15) is 5.11 Å². The number of aliphatic hydroxyl groups excluding tert-OH is 1. The molecule has 0 radical (unpaired) electrons. The van der Waals surface area contributed by atoms with Crippen molar-refractivity contribution in [1.82, 2.24) is 4.98 Å². The molecule has 1 N–H and O–H groups in total. The molecule has 1 aromatic heterocycles. The van der Waals surface area contributed by atoms with Crippen LogP contribution in [0.1, 0.15) is 25.0 Å². The van der Waals surface area contributed by atoms with Crippen molar-refractivity contribution in [1.29, 1.82) is 0 Å². The van der Waals surface area contributed by atoms with Crippen molar-refractivity contribution in [2.24, 2.45) is 0 Å². The molecule has 1 unspecified atom stereocenters. The summed E-state index contributed by atoms with van der Waals surface area (Å²) >= 11 is 0. The molecule has 0 aliphatic heterocycles. The summed E-state index contributed by atoms with van der Waals surface area (Å²) in [6.45, 7) is 1.95. The van der Waals surface area contributed by atoms with Crippen molar-refractivity contribution >= 4 is 0 Å². The molecule has 1 heterocycles. The van der Waals surface area contributed by atoms with E-state index in [0.29, 0.717) is 6.42 Å². The molecule has 0 saturated carbocycles. The van der Waals surface area contributed by atoms with Crippen molar-refractivity contribution in [3.8, 4) is 17.0 Å². The van der Waals surface area contributed by atoms with E-state index in [2.05, 4.69) is 4.98 Å². The van der Waals surface area contributed by atoms with E-state index in [1.165, 1.54) is 0 Å². The molecule has 0 fully saturated rings. The second-order valence-electron chi connectivity index (χ2n) is 4.10. The standard InChI is InChI=1S/C15H17NO2/c1-3-14(17)11-7-8-12(15(10-11)18-2)13-6-4-5-9-16-13/h4-10,14,17H,3H2,1-2H3. The van der Waals surface area contributed by atoms with Gasteiger partial charge in [-0.3, -0.25) is 4.98 Å². The minimum Gasteiger partial charge on any atom is -0.496 e. The van der Waals surface area contributed by atoms with E-state index in [4.69, 9.17) is 4.74 Å². The number of aliphatic hydroxyl groups is 1. The lowest BCUT2D eigenvalue weighted by molar-refractivity contribution is 0.173. The summed E-state index contributed by atoms with van der Waals surface area (Å²) < 4.78 is 5.38. The Kier molecular flexibility index (Phi) is 3.95. The summed E-state index contributed by atoms with van der Waals surface area (Å²) in [5, 5.41) is 9.84. The molecule has 0 aliphatic carbocycles. The molecule has 1 atom stereocenters. The van der Waals surface area contributed by atoms with Gasteiger partial charge in [0.05, 0.1) is 18.9 Å². The summed E-state index contributed by atoms with van der Waals surface area (Å²) in [4.78, 5) is 4.31. The Labute approximate surface area is 107 Å². The van der Waals surface area contributed by atoms with E-state index >= 15 is 0 Å². The maximum Gasteiger partial charge on any atom is 0.128 e. The van der Waals surface area contributed by atoms with Gasteiger partial charge >= 0.3 is 0 Å². The normalized spacial score (nSPS) is 12.2. The second kappa shape index (κ2) is 5.65. The average molecular weight is 243 g/mol. The topological polar surface area (TPSA) is 42.4 Å². The maximum atomic E-state index is 9.84. The highest BCUT2D eigenvalue weighted by atomic mass is 16.5. The predicted molar refractivity (Wildman–Crippen MR) is 71.5 cm³/mol. The Morgan fingerprint density at radius 1 is 1.28 bits per heavy atom. The first-order chi connectivity index (χ1) is 8.76. The van der Waals surface area contributed by atoms with Crippen molar-refractivity contribution in [2.45, 2.75) is 19.4 Å². The Morgan fingerprint density at radius 2 is 2.11 bits per heavy atom. The molecule has 2 aromatic rings. The SMILES string of the molecule is CCC(O)c1ccc(-c2ccccn2)c(OC)c1. The largest absolute Gasteiger partial charge is 0.496 e. The molecule has 18 heavy (non-hydrogen) atoms. The van der Waals surface area contributed by atoms with Crippen LogP contribution in [0.5, 0.6) is 5.75 Å². The van der Waals surface area contributed by atoms with Gasteiger partial charge in [-0.05, 0) is 36.2 Å². The highest BCUT2D eigenvalue weighted by Gasteiger charge is 2.11. The molecule has 2 rings (SSSR count). The van der Waals surface area contributed by atoms with Gasteiger partial charge in [0.2, 0.25) is 0 Å². The summed E-state index contributed by atoms with van der Waals surface area (Å²) in [6.07, 6.45) is 1.99. The Hall–Kier alpha value is -1.87. The van der Waals surface area contributed by atoms with Gasteiger partial charge in [0.1, 0.15) is 5.75 Å².